The number of nitrogens with zero attached hydrogens (tertiary/aromatic N) is 2. The summed E-state index contributed by atoms with van der Waals surface area (Å²) in [6.45, 7) is 1.70. The van der Waals surface area contributed by atoms with E-state index in [9.17, 15) is 4.79 Å². The van der Waals surface area contributed by atoms with Crippen molar-refractivity contribution >= 4 is 34.3 Å². The van der Waals surface area contributed by atoms with E-state index in [1.165, 1.54) is 15.3 Å². The van der Waals surface area contributed by atoms with Crippen LogP contribution in [0, 0.1) is 0 Å². The van der Waals surface area contributed by atoms with Crippen LogP contribution in [0.4, 0.5) is 9.93 Å². The third kappa shape index (κ3) is 4.58. The maximum atomic E-state index is 11.3. The number of thiazole rings is 1. The first-order valence-electron chi connectivity index (χ1n) is 9.06. The number of hydrogen-bond acceptors (Lipinski definition) is 5. The molecule has 1 aliphatic heterocycles. The summed E-state index contributed by atoms with van der Waals surface area (Å²) in [7, 11) is 3.72. The minimum Gasteiger partial charge on any atom is -0.361 e. The monoisotopic (exact) mass is 391 g/mol. The van der Waals surface area contributed by atoms with Crippen LogP contribution >= 0.6 is 23.1 Å². The number of aryl methyl sites for hydroxylation is 1. The van der Waals surface area contributed by atoms with Crippen LogP contribution in [0.1, 0.15) is 24.1 Å². The molecule has 1 aromatic carbocycles. The molecule has 2 amide bonds. The lowest BCUT2D eigenvalue weighted by molar-refractivity contribution is -0.808. The van der Waals surface area contributed by atoms with Gasteiger partial charge in [0.2, 0.25) is 0 Å². The number of rotatable bonds is 7. The molecule has 0 saturated heterocycles. The quantitative estimate of drug-likeness (QED) is 0.548. The molecular weight excluding hydrogens is 364 g/mol. The molecule has 0 bridgehead atoms. The molecule has 1 aromatic heterocycles. The fourth-order valence-electron chi connectivity index (χ4n) is 2.96. The van der Waals surface area contributed by atoms with E-state index in [-0.39, 0.29) is 10.5 Å². The highest BCUT2D eigenvalue weighted by atomic mass is 32.2. The summed E-state index contributed by atoms with van der Waals surface area (Å²) in [5.74, 6) is 1.11. The van der Waals surface area contributed by atoms with Gasteiger partial charge in [0, 0.05) is 27.6 Å². The van der Waals surface area contributed by atoms with Crippen LogP contribution in [-0.2, 0) is 6.42 Å². The summed E-state index contributed by atoms with van der Waals surface area (Å²) < 4.78 is 0.254. The molecule has 1 aliphatic rings. The number of benzene rings is 1. The van der Waals surface area contributed by atoms with E-state index >= 15 is 0 Å². The lowest BCUT2D eigenvalue weighted by Gasteiger charge is -2.23. The molecule has 26 heavy (non-hydrogen) atoms. The number of urea groups is 1. The maximum Gasteiger partial charge on any atom is 0.413 e. The molecule has 140 valence electrons. The Bertz CT molecular complexity index is 773. The minimum absolute atomic E-state index is 0.254. The predicted molar refractivity (Wildman–Crippen MR) is 111 cm³/mol. The zero-order valence-electron chi connectivity index (χ0n) is 15.5. The van der Waals surface area contributed by atoms with E-state index < -0.39 is 0 Å². The number of thioether (sulfide) groups is 1. The first kappa shape index (κ1) is 19.2. The van der Waals surface area contributed by atoms with Crippen LogP contribution in [0.2, 0.25) is 0 Å². The molecule has 3 rings (SSSR count). The second kappa shape index (κ2) is 8.41. The highest BCUT2D eigenvalue weighted by Crippen LogP contribution is 2.40. The number of nitrogens with one attached hydrogen (secondary N) is 1. The topological polar surface area (TPSA) is 68.0 Å². The number of fused-ring (bicyclic) bond motifs is 3. The summed E-state index contributed by atoms with van der Waals surface area (Å²) in [6.07, 6.45) is 4.21. The van der Waals surface area contributed by atoms with E-state index in [1.807, 2.05) is 25.9 Å². The number of unbranched alkanes of at least 4 members (excludes halogenated alkanes) is 2. The minimum atomic E-state index is -0.272. The van der Waals surface area contributed by atoms with Gasteiger partial charge in [0.15, 0.2) is 5.13 Å². The Labute approximate surface area is 163 Å². The molecule has 0 aliphatic carbocycles. The van der Waals surface area contributed by atoms with Crippen LogP contribution < -0.4 is 11.1 Å². The fraction of sp³-hybridized carbons (Fsp3) is 0.474. The number of carbonyl (C=O) groups excluding carboxylic acids is 1. The Balaban J connectivity index is 1.50. The zero-order chi connectivity index (χ0) is 18.6. The third-order valence-electron chi connectivity index (χ3n) is 4.69. The molecule has 5 nitrogen and oxygen atoms in total. The standard InChI is InChI=1S/C19H26N4OS2/c1-23(2,18(20)24)12-7-3-6-11-21-19-22-17-14-8-4-5-9-15(14)25-13-10-16(17)26-19/h4-5,8-9H,3,6-7,10-13H2,1-2H3,(H2-,20,21,22,24)/p+1. The van der Waals surface area contributed by atoms with E-state index in [4.69, 9.17) is 10.7 Å². The number of quaternary nitrogens is 1. The van der Waals surface area contributed by atoms with Gasteiger partial charge in [0.25, 0.3) is 0 Å². The highest BCUT2D eigenvalue weighted by Gasteiger charge is 2.22. The average molecular weight is 392 g/mol. The van der Waals surface area contributed by atoms with Gasteiger partial charge in [0.1, 0.15) is 0 Å². The molecule has 0 fully saturated rings. The van der Waals surface area contributed by atoms with Crippen molar-refractivity contribution in [3.63, 3.8) is 0 Å². The van der Waals surface area contributed by atoms with Gasteiger partial charge >= 0.3 is 6.03 Å². The number of hydrogen-bond donors (Lipinski definition) is 2. The van der Waals surface area contributed by atoms with Crippen molar-refractivity contribution in [3.05, 3.63) is 29.1 Å². The zero-order valence-corrected chi connectivity index (χ0v) is 17.1. The molecule has 3 N–H and O–H groups in total. The van der Waals surface area contributed by atoms with Crippen LogP contribution in [0.15, 0.2) is 29.2 Å². The first-order chi connectivity index (χ1) is 12.5. The number of anilines is 1. The Hall–Kier alpha value is -1.57. The molecule has 2 heterocycles. The summed E-state index contributed by atoms with van der Waals surface area (Å²) >= 11 is 3.70. The number of carbonyl (C=O) groups is 1. The second-order valence-electron chi connectivity index (χ2n) is 7.12. The van der Waals surface area contributed by atoms with E-state index in [1.54, 1.807) is 11.3 Å². The van der Waals surface area contributed by atoms with Crippen molar-refractivity contribution in [1.82, 2.24) is 4.98 Å². The highest BCUT2D eigenvalue weighted by molar-refractivity contribution is 7.99. The van der Waals surface area contributed by atoms with Crippen LogP contribution in [-0.4, -0.2) is 48.4 Å². The lowest BCUT2D eigenvalue weighted by atomic mass is 10.1. The van der Waals surface area contributed by atoms with Crippen LogP contribution in [0.3, 0.4) is 0 Å². The SMILES string of the molecule is C[N+](C)(CCCCCNc1nc2c(s1)CCSc1ccccc1-2)C(N)=O. The van der Waals surface area contributed by atoms with Crippen molar-refractivity contribution in [3.8, 4) is 11.3 Å². The normalized spacial score (nSPS) is 13.6. The van der Waals surface area contributed by atoms with Crippen LogP contribution in [0.25, 0.3) is 11.3 Å². The fourth-order valence-corrected chi connectivity index (χ4v) is 5.11. The molecule has 0 unspecified atom stereocenters. The Morgan fingerprint density at radius 2 is 2.08 bits per heavy atom. The van der Waals surface area contributed by atoms with Gasteiger partial charge < -0.3 is 11.1 Å². The molecule has 0 radical (unpaired) electrons. The Kier molecular flexibility index (Phi) is 6.21. The number of amides is 2. The first-order valence-corrected chi connectivity index (χ1v) is 10.9. The van der Waals surface area contributed by atoms with Crippen molar-refractivity contribution in [1.29, 1.82) is 0 Å². The van der Waals surface area contributed by atoms with E-state index in [0.717, 1.165) is 55.4 Å². The van der Waals surface area contributed by atoms with Crippen LogP contribution in [0.5, 0.6) is 0 Å². The van der Waals surface area contributed by atoms with Gasteiger partial charge in [0.05, 0.1) is 26.3 Å². The van der Waals surface area contributed by atoms with Crippen molar-refractivity contribution in [2.24, 2.45) is 5.73 Å². The van der Waals surface area contributed by atoms with Gasteiger partial charge in [-0.05, 0) is 31.7 Å². The van der Waals surface area contributed by atoms with Gasteiger partial charge in [-0.1, -0.05) is 18.2 Å². The van der Waals surface area contributed by atoms with Crippen molar-refractivity contribution < 1.29 is 9.28 Å². The molecule has 0 spiro atoms. The summed E-state index contributed by atoms with van der Waals surface area (Å²) in [5, 5.41) is 4.50. The van der Waals surface area contributed by atoms with Crippen molar-refractivity contribution in [2.75, 3.05) is 38.3 Å². The molecule has 7 heteroatoms. The van der Waals surface area contributed by atoms with Gasteiger partial charge in [-0.2, -0.15) is 0 Å². The lowest BCUT2D eigenvalue weighted by Crippen LogP contribution is -2.49. The van der Waals surface area contributed by atoms with E-state index in [0.29, 0.717) is 0 Å². The summed E-state index contributed by atoms with van der Waals surface area (Å²) in [4.78, 5) is 18.9. The third-order valence-corrected chi connectivity index (χ3v) is 6.84. The van der Waals surface area contributed by atoms with Gasteiger partial charge in [-0.25, -0.2) is 14.3 Å². The molecular formula is C19H27N4OS2+. The molecule has 2 aromatic rings. The molecule has 0 atom stereocenters. The average Bonchev–Trinajstić information content (AvgIpc) is 2.93. The smallest absolute Gasteiger partial charge is 0.361 e. The molecule has 0 saturated carbocycles. The number of nitrogens with two attached hydrogens (primary N) is 1. The predicted octanol–water partition coefficient (Wildman–Crippen LogP) is 4.20. The number of primary amides is 1. The van der Waals surface area contributed by atoms with Crippen molar-refractivity contribution in [2.45, 2.75) is 30.6 Å². The second-order valence-corrected chi connectivity index (χ2v) is 9.34. The van der Waals surface area contributed by atoms with Gasteiger partial charge in [-0.15, -0.1) is 23.1 Å². The van der Waals surface area contributed by atoms with E-state index in [2.05, 4.69) is 29.6 Å². The Morgan fingerprint density at radius 3 is 2.88 bits per heavy atom. The summed E-state index contributed by atoms with van der Waals surface area (Å²) in [6, 6.07) is 8.28. The maximum absolute atomic E-state index is 11.3. The Morgan fingerprint density at radius 1 is 1.27 bits per heavy atom. The summed E-state index contributed by atoms with van der Waals surface area (Å²) in [5.41, 5.74) is 7.81. The largest absolute Gasteiger partial charge is 0.413 e. The number of aromatic nitrogens is 1. The van der Waals surface area contributed by atoms with Gasteiger partial charge in [-0.3, -0.25) is 0 Å².